The van der Waals surface area contributed by atoms with Crippen molar-refractivity contribution in [3.63, 3.8) is 0 Å². The molecule has 3 heterocycles. The number of amides is 2. The zero-order chi connectivity index (χ0) is 20.1. The molecule has 0 aliphatic carbocycles. The van der Waals surface area contributed by atoms with Gasteiger partial charge in [0.2, 0.25) is 5.91 Å². The molecule has 4 rings (SSSR count). The zero-order valence-electron chi connectivity index (χ0n) is 15.3. The number of rotatable bonds is 5. The molecule has 0 unspecified atom stereocenters. The minimum atomic E-state index is -0.455. The summed E-state index contributed by atoms with van der Waals surface area (Å²) in [5, 5.41) is 13.4. The second-order valence-corrected chi connectivity index (χ2v) is 7.05. The summed E-state index contributed by atoms with van der Waals surface area (Å²) in [7, 11) is 0. The van der Waals surface area contributed by atoms with Gasteiger partial charge in [0.15, 0.2) is 5.13 Å². The molecule has 11 nitrogen and oxygen atoms in total. The smallest absolute Gasteiger partial charge is 0.289 e. The van der Waals surface area contributed by atoms with Crippen molar-refractivity contribution in [3.05, 3.63) is 47.2 Å². The normalized spacial score (nSPS) is 13.9. The van der Waals surface area contributed by atoms with Gasteiger partial charge >= 0.3 is 0 Å². The van der Waals surface area contributed by atoms with E-state index < -0.39 is 5.91 Å². The molecule has 1 aromatic carbocycles. The third-order valence-corrected chi connectivity index (χ3v) is 5.14. The number of anilines is 1. The number of nitrogens with one attached hydrogen (secondary N) is 2. The molecule has 1 fully saturated rings. The van der Waals surface area contributed by atoms with Gasteiger partial charge in [-0.3, -0.25) is 20.4 Å². The van der Waals surface area contributed by atoms with Crippen molar-refractivity contribution in [2.75, 3.05) is 31.2 Å². The first-order valence-electron chi connectivity index (χ1n) is 8.89. The number of tetrazole rings is 1. The summed E-state index contributed by atoms with van der Waals surface area (Å²) in [6, 6.07) is 7.21. The highest BCUT2D eigenvalue weighted by Gasteiger charge is 2.17. The fourth-order valence-electron chi connectivity index (χ4n) is 2.73. The lowest BCUT2D eigenvalue weighted by atomic mass is 10.1. The zero-order valence-corrected chi connectivity index (χ0v) is 16.1. The van der Waals surface area contributed by atoms with Gasteiger partial charge in [-0.2, -0.15) is 0 Å². The molecule has 2 amide bonds. The molecule has 29 heavy (non-hydrogen) atoms. The van der Waals surface area contributed by atoms with Crippen LogP contribution in [0.5, 0.6) is 0 Å². The van der Waals surface area contributed by atoms with E-state index in [9.17, 15) is 9.59 Å². The summed E-state index contributed by atoms with van der Waals surface area (Å²) in [6.45, 7) is 2.79. The van der Waals surface area contributed by atoms with Gasteiger partial charge in [-0.25, -0.2) is 9.67 Å². The Morgan fingerprint density at radius 1 is 1.14 bits per heavy atom. The van der Waals surface area contributed by atoms with Gasteiger partial charge in [0.1, 0.15) is 12.0 Å². The Morgan fingerprint density at radius 3 is 2.66 bits per heavy atom. The Bertz CT molecular complexity index is 967. The number of carbonyl (C=O) groups excluding carboxylic acids is 2. The maximum absolute atomic E-state index is 12.2. The lowest BCUT2D eigenvalue weighted by Crippen LogP contribution is -2.42. The van der Waals surface area contributed by atoms with Crippen LogP contribution in [0.1, 0.15) is 16.1 Å². The van der Waals surface area contributed by atoms with E-state index in [0.717, 1.165) is 29.5 Å². The summed E-state index contributed by atoms with van der Waals surface area (Å²) in [6.07, 6.45) is 1.60. The number of thiazole rings is 1. The second-order valence-electron chi connectivity index (χ2n) is 6.21. The van der Waals surface area contributed by atoms with Gasteiger partial charge in [0.25, 0.3) is 5.91 Å². The van der Waals surface area contributed by atoms with Crippen molar-refractivity contribution >= 4 is 28.3 Å². The lowest BCUT2D eigenvalue weighted by molar-refractivity contribution is -0.121. The van der Waals surface area contributed by atoms with Crippen molar-refractivity contribution in [1.29, 1.82) is 0 Å². The van der Waals surface area contributed by atoms with E-state index in [0.29, 0.717) is 13.2 Å². The van der Waals surface area contributed by atoms with Crippen LogP contribution in [-0.2, 0) is 16.0 Å². The molecule has 12 heteroatoms. The number of benzene rings is 1. The molecule has 1 aliphatic heterocycles. The molecular formula is C17H18N8O3S. The largest absolute Gasteiger partial charge is 0.378 e. The number of nitrogens with zero attached hydrogens (tertiary/aromatic N) is 6. The van der Waals surface area contributed by atoms with Crippen LogP contribution >= 0.6 is 11.3 Å². The molecule has 0 bridgehead atoms. The fourth-order valence-corrected chi connectivity index (χ4v) is 3.59. The van der Waals surface area contributed by atoms with Gasteiger partial charge in [0.05, 0.1) is 25.3 Å². The van der Waals surface area contributed by atoms with Crippen LogP contribution in [-0.4, -0.2) is 63.3 Å². The third kappa shape index (κ3) is 4.73. The number of hydrogen-bond donors (Lipinski definition) is 2. The van der Waals surface area contributed by atoms with Crippen molar-refractivity contribution in [2.24, 2.45) is 0 Å². The van der Waals surface area contributed by atoms with Crippen molar-refractivity contribution in [1.82, 2.24) is 36.0 Å². The Labute approximate surface area is 169 Å². The molecule has 150 valence electrons. The number of carbonyl (C=O) groups is 2. The van der Waals surface area contributed by atoms with Crippen LogP contribution < -0.4 is 15.8 Å². The Balaban J connectivity index is 1.27. The molecule has 2 N–H and O–H groups in total. The Kier molecular flexibility index (Phi) is 5.72. The monoisotopic (exact) mass is 414 g/mol. The van der Waals surface area contributed by atoms with Crippen LogP contribution in [0.4, 0.5) is 5.13 Å². The number of aromatic nitrogens is 5. The first-order valence-corrected chi connectivity index (χ1v) is 9.77. The molecule has 2 aromatic heterocycles. The van der Waals surface area contributed by atoms with Gasteiger partial charge in [-0.1, -0.05) is 12.1 Å². The van der Waals surface area contributed by atoms with Gasteiger partial charge in [0, 0.05) is 18.5 Å². The molecule has 0 radical (unpaired) electrons. The lowest BCUT2D eigenvalue weighted by Gasteiger charge is -2.25. The van der Waals surface area contributed by atoms with E-state index >= 15 is 0 Å². The van der Waals surface area contributed by atoms with Crippen LogP contribution in [0.2, 0.25) is 0 Å². The summed E-state index contributed by atoms with van der Waals surface area (Å²) >= 11 is 1.39. The summed E-state index contributed by atoms with van der Waals surface area (Å²) in [5.41, 5.74) is 6.66. The van der Waals surface area contributed by atoms with E-state index in [1.54, 1.807) is 29.6 Å². The first kappa shape index (κ1) is 19.0. The predicted octanol–water partition coefficient (Wildman–Crippen LogP) is -0.0409. The highest BCUT2D eigenvalue weighted by atomic mass is 32.1. The number of morpholine rings is 1. The van der Waals surface area contributed by atoms with E-state index in [1.165, 1.54) is 22.3 Å². The third-order valence-electron chi connectivity index (χ3n) is 4.24. The van der Waals surface area contributed by atoms with Gasteiger partial charge in [-0.15, -0.1) is 16.4 Å². The SMILES string of the molecule is O=C(Cc1ccc(-n2cnnn2)cc1)NNC(=O)c1csc(N2CCOCC2)n1. The van der Waals surface area contributed by atoms with E-state index in [2.05, 4.69) is 36.3 Å². The Hall–Kier alpha value is -3.38. The van der Waals surface area contributed by atoms with Crippen LogP contribution in [0.15, 0.2) is 36.0 Å². The summed E-state index contributed by atoms with van der Waals surface area (Å²) in [5.74, 6) is -0.791. The molecule has 0 saturated carbocycles. The molecule has 0 atom stereocenters. The van der Waals surface area contributed by atoms with Crippen LogP contribution in [0.25, 0.3) is 5.69 Å². The maximum atomic E-state index is 12.2. The second kappa shape index (κ2) is 8.75. The molecule has 0 spiro atoms. The van der Waals surface area contributed by atoms with Crippen molar-refractivity contribution in [2.45, 2.75) is 6.42 Å². The fraction of sp³-hybridized carbons (Fsp3) is 0.294. The topological polar surface area (TPSA) is 127 Å². The van der Waals surface area contributed by atoms with Crippen molar-refractivity contribution in [3.8, 4) is 5.69 Å². The maximum Gasteiger partial charge on any atom is 0.289 e. The molecular weight excluding hydrogens is 396 g/mol. The standard InChI is InChI=1S/C17H18N8O3S/c26-15(9-12-1-3-13(4-2-12)25-11-18-22-23-25)20-21-16(27)14-10-29-17(19-14)24-5-7-28-8-6-24/h1-4,10-11H,5-9H2,(H,20,26)(H,21,27). The van der Waals surface area contributed by atoms with Gasteiger partial charge in [-0.05, 0) is 28.1 Å². The number of hydrazine groups is 1. The minimum Gasteiger partial charge on any atom is -0.378 e. The van der Waals surface area contributed by atoms with E-state index in [-0.39, 0.29) is 18.0 Å². The van der Waals surface area contributed by atoms with Gasteiger partial charge < -0.3 is 9.64 Å². The minimum absolute atomic E-state index is 0.117. The molecule has 1 saturated heterocycles. The predicted molar refractivity (Wildman–Crippen MR) is 104 cm³/mol. The van der Waals surface area contributed by atoms with Crippen LogP contribution in [0, 0.1) is 0 Å². The Morgan fingerprint density at radius 2 is 1.93 bits per heavy atom. The highest BCUT2D eigenvalue weighted by molar-refractivity contribution is 7.13. The van der Waals surface area contributed by atoms with Crippen LogP contribution in [0.3, 0.4) is 0 Å². The average molecular weight is 414 g/mol. The van der Waals surface area contributed by atoms with E-state index in [1.807, 2.05) is 0 Å². The number of hydrogen-bond acceptors (Lipinski definition) is 9. The first-order chi connectivity index (χ1) is 14.2. The molecule has 3 aromatic rings. The molecule has 1 aliphatic rings. The highest BCUT2D eigenvalue weighted by Crippen LogP contribution is 2.21. The number of ether oxygens (including phenoxy) is 1. The summed E-state index contributed by atoms with van der Waals surface area (Å²) in [4.78, 5) is 30.7. The average Bonchev–Trinajstić information content (AvgIpc) is 3.46. The summed E-state index contributed by atoms with van der Waals surface area (Å²) < 4.78 is 6.83. The van der Waals surface area contributed by atoms with E-state index in [4.69, 9.17) is 4.74 Å². The van der Waals surface area contributed by atoms with Crippen molar-refractivity contribution < 1.29 is 14.3 Å². The quantitative estimate of drug-likeness (QED) is 0.557.